The van der Waals surface area contributed by atoms with E-state index in [1.807, 2.05) is 0 Å². The van der Waals surface area contributed by atoms with Gasteiger partial charge in [0.25, 0.3) is 0 Å². The van der Waals surface area contributed by atoms with Crippen molar-refractivity contribution in [2.45, 2.75) is 367 Å². The number of unbranched alkanes of at least 4 members (excludes halogenated alkanes) is 40. The predicted molar refractivity (Wildman–Crippen MR) is 358 cm³/mol. The molecule has 0 aliphatic heterocycles. The lowest BCUT2D eigenvalue weighted by Crippen LogP contribution is -2.30. The second-order valence-corrected chi connectivity index (χ2v) is 23.8. The van der Waals surface area contributed by atoms with E-state index < -0.39 is 6.10 Å². The molecule has 0 spiro atoms. The van der Waals surface area contributed by atoms with Crippen LogP contribution in [-0.2, 0) is 28.6 Å². The third kappa shape index (κ3) is 67.4. The molecule has 0 heterocycles. The zero-order valence-corrected chi connectivity index (χ0v) is 54.5. The van der Waals surface area contributed by atoms with Gasteiger partial charge in [-0.2, -0.15) is 0 Å². The van der Waals surface area contributed by atoms with Gasteiger partial charge in [-0.05, 0) is 96.3 Å². The van der Waals surface area contributed by atoms with Crippen molar-refractivity contribution < 1.29 is 28.6 Å². The molecule has 0 rings (SSSR count). The highest BCUT2D eigenvalue weighted by molar-refractivity contribution is 5.71. The molecule has 82 heavy (non-hydrogen) atoms. The van der Waals surface area contributed by atoms with Crippen molar-refractivity contribution in [3.8, 4) is 0 Å². The molecule has 0 aromatic rings. The summed E-state index contributed by atoms with van der Waals surface area (Å²) in [6.45, 7) is 6.54. The summed E-state index contributed by atoms with van der Waals surface area (Å²) in [6.07, 6.45) is 93.3. The Balaban J connectivity index is 4.17. The summed E-state index contributed by atoms with van der Waals surface area (Å²) in [5.74, 6) is -0.864. The van der Waals surface area contributed by atoms with E-state index >= 15 is 0 Å². The van der Waals surface area contributed by atoms with Crippen molar-refractivity contribution >= 4 is 17.9 Å². The molecule has 0 aliphatic rings. The van der Waals surface area contributed by atoms with Gasteiger partial charge >= 0.3 is 17.9 Å². The van der Waals surface area contributed by atoms with Crippen LogP contribution < -0.4 is 0 Å². The molecule has 0 saturated carbocycles. The fourth-order valence-electron chi connectivity index (χ4n) is 10.3. The van der Waals surface area contributed by atoms with Crippen LogP contribution in [0.4, 0.5) is 0 Å². The van der Waals surface area contributed by atoms with E-state index in [0.29, 0.717) is 19.3 Å². The molecule has 0 bridgehead atoms. The first-order valence-electron chi connectivity index (χ1n) is 35.6. The van der Waals surface area contributed by atoms with Gasteiger partial charge in [-0.1, -0.05) is 331 Å². The third-order valence-corrected chi connectivity index (χ3v) is 15.6. The number of rotatable bonds is 65. The van der Waals surface area contributed by atoms with E-state index in [4.69, 9.17) is 14.2 Å². The highest BCUT2D eigenvalue weighted by atomic mass is 16.6. The molecule has 6 heteroatoms. The Morgan fingerprint density at radius 3 is 0.744 bits per heavy atom. The SMILES string of the molecule is CC/C=C\C/C=C\C/C=C\C/C=C\C/C=C\CCCCCCCCCCCC(=O)OC(COC(=O)CCCCCCCCCCCC)COC(=O)CCCCCCCCCCCCCCCCCCC/C=C\C/C=C\CCCCCCC. The number of allylic oxidation sites excluding steroid dienone is 14. The minimum absolute atomic E-state index is 0.0747. The molecule has 0 aliphatic carbocycles. The summed E-state index contributed by atoms with van der Waals surface area (Å²) in [5, 5.41) is 0. The maximum Gasteiger partial charge on any atom is 0.306 e. The lowest BCUT2D eigenvalue weighted by atomic mass is 10.0. The quantitative estimate of drug-likeness (QED) is 0.0261. The summed E-state index contributed by atoms with van der Waals surface area (Å²) in [5.41, 5.74) is 0. The van der Waals surface area contributed by atoms with Crippen LogP contribution in [0.15, 0.2) is 85.1 Å². The molecule has 0 saturated heterocycles. The predicted octanol–water partition coefficient (Wildman–Crippen LogP) is 24.6. The maximum absolute atomic E-state index is 12.9. The zero-order valence-electron chi connectivity index (χ0n) is 54.5. The van der Waals surface area contributed by atoms with Crippen molar-refractivity contribution in [1.29, 1.82) is 0 Å². The lowest BCUT2D eigenvalue weighted by Gasteiger charge is -2.18. The number of ether oxygens (including phenoxy) is 3. The molecule has 1 atom stereocenters. The average molecular weight is 1140 g/mol. The topological polar surface area (TPSA) is 78.9 Å². The number of carbonyl (C=O) groups excluding carboxylic acids is 3. The molecule has 0 amide bonds. The highest BCUT2D eigenvalue weighted by Gasteiger charge is 2.19. The second-order valence-electron chi connectivity index (χ2n) is 23.8. The number of carbonyl (C=O) groups is 3. The van der Waals surface area contributed by atoms with Crippen LogP contribution >= 0.6 is 0 Å². The van der Waals surface area contributed by atoms with Gasteiger partial charge in [0.1, 0.15) is 13.2 Å². The monoisotopic (exact) mass is 1140 g/mol. The Hall–Kier alpha value is -3.41. The Kier molecular flexibility index (Phi) is 67.2. The Morgan fingerprint density at radius 2 is 0.476 bits per heavy atom. The molecule has 0 aromatic carbocycles. The second kappa shape index (κ2) is 70.1. The fraction of sp³-hybridized carbons (Fsp3) is 0.776. The first kappa shape index (κ1) is 78.6. The van der Waals surface area contributed by atoms with Gasteiger partial charge in [0, 0.05) is 19.3 Å². The Morgan fingerprint density at radius 1 is 0.256 bits per heavy atom. The van der Waals surface area contributed by atoms with Gasteiger partial charge in [-0.3, -0.25) is 14.4 Å². The van der Waals surface area contributed by atoms with Crippen LogP contribution in [0.2, 0.25) is 0 Å². The molecule has 0 fully saturated rings. The first-order chi connectivity index (χ1) is 40.5. The van der Waals surface area contributed by atoms with Crippen LogP contribution in [0.5, 0.6) is 0 Å². The molecule has 474 valence electrons. The average Bonchev–Trinajstić information content (AvgIpc) is 3.47. The number of hydrogen-bond acceptors (Lipinski definition) is 6. The summed E-state index contributed by atoms with van der Waals surface area (Å²) in [6, 6.07) is 0. The first-order valence-corrected chi connectivity index (χ1v) is 35.6. The van der Waals surface area contributed by atoms with Gasteiger partial charge in [0.05, 0.1) is 0 Å². The smallest absolute Gasteiger partial charge is 0.306 e. The van der Waals surface area contributed by atoms with Crippen molar-refractivity contribution in [1.82, 2.24) is 0 Å². The van der Waals surface area contributed by atoms with E-state index in [1.165, 1.54) is 218 Å². The third-order valence-electron chi connectivity index (χ3n) is 15.6. The van der Waals surface area contributed by atoms with Crippen LogP contribution in [0, 0.1) is 0 Å². The van der Waals surface area contributed by atoms with E-state index in [0.717, 1.165) is 103 Å². The molecule has 1 unspecified atom stereocenters. The number of esters is 3. The van der Waals surface area contributed by atoms with Crippen LogP contribution in [-0.4, -0.2) is 37.2 Å². The lowest BCUT2D eigenvalue weighted by molar-refractivity contribution is -0.167. The zero-order chi connectivity index (χ0) is 59.2. The molecule has 0 radical (unpaired) electrons. The van der Waals surface area contributed by atoms with Crippen LogP contribution in [0.1, 0.15) is 361 Å². The summed E-state index contributed by atoms with van der Waals surface area (Å²) >= 11 is 0. The molecular weight excluding hydrogens is 1010 g/mol. The van der Waals surface area contributed by atoms with Crippen molar-refractivity contribution in [3.05, 3.63) is 85.1 Å². The summed E-state index contributed by atoms with van der Waals surface area (Å²) < 4.78 is 17.0. The largest absolute Gasteiger partial charge is 0.462 e. The molecular formula is C76H134O6. The molecule has 0 N–H and O–H groups in total. The normalized spacial score (nSPS) is 12.6. The Bertz CT molecular complexity index is 1550. The number of hydrogen-bond donors (Lipinski definition) is 0. The minimum atomic E-state index is -0.778. The molecule has 0 aromatic heterocycles. The van der Waals surface area contributed by atoms with Crippen molar-refractivity contribution in [2.24, 2.45) is 0 Å². The van der Waals surface area contributed by atoms with Gasteiger partial charge in [-0.25, -0.2) is 0 Å². The van der Waals surface area contributed by atoms with E-state index in [1.54, 1.807) is 0 Å². The summed E-state index contributed by atoms with van der Waals surface area (Å²) in [4.78, 5) is 38.4. The van der Waals surface area contributed by atoms with E-state index in [9.17, 15) is 14.4 Å². The highest BCUT2D eigenvalue weighted by Crippen LogP contribution is 2.18. The van der Waals surface area contributed by atoms with Crippen molar-refractivity contribution in [3.63, 3.8) is 0 Å². The fourth-order valence-corrected chi connectivity index (χ4v) is 10.3. The maximum atomic E-state index is 12.9. The standard InChI is InChI=1S/C76H134O6/c1-4-7-10-13-16-19-22-24-26-28-30-32-34-36-37-38-39-41-42-44-46-48-50-52-54-57-60-63-66-69-75(78)81-72-73(71-80-74(77)68-65-62-59-56-21-18-15-12-9-6-3)82-76(79)70-67-64-61-58-55-53-51-49-47-45-43-40-35-33-31-29-27-25-23-20-17-14-11-8-5-2/h8,11,17,20,22,24-25,27-28,30-31,33,40,43,73H,4-7,9-10,12-16,18-19,21,23,26,29,32,34-39,41-42,44-72H2,1-3H3/b11-8-,20-17-,24-22-,27-25-,30-28-,33-31-,43-40-. The van der Waals surface area contributed by atoms with Gasteiger partial charge < -0.3 is 14.2 Å². The van der Waals surface area contributed by atoms with Crippen LogP contribution in [0.25, 0.3) is 0 Å². The van der Waals surface area contributed by atoms with E-state index in [-0.39, 0.29) is 31.1 Å². The minimum Gasteiger partial charge on any atom is -0.462 e. The van der Waals surface area contributed by atoms with Crippen LogP contribution in [0.3, 0.4) is 0 Å². The van der Waals surface area contributed by atoms with E-state index in [2.05, 4.69) is 106 Å². The van der Waals surface area contributed by atoms with Gasteiger partial charge in [0.2, 0.25) is 0 Å². The molecule has 6 nitrogen and oxygen atoms in total. The Labute approximate surface area is 509 Å². The van der Waals surface area contributed by atoms with Crippen molar-refractivity contribution in [2.75, 3.05) is 13.2 Å². The van der Waals surface area contributed by atoms with Gasteiger partial charge in [0.15, 0.2) is 6.10 Å². The summed E-state index contributed by atoms with van der Waals surface area (Å²) in [7, 11) is 0. The van der Waals surface area contributed by atoms with Gasteiger partial charge in [-0.15, -0.1) is 0 Å².